The lowest BCUT2D eigenvalue weighted by molar-refractivity contribution is 0.0594. The van der Waals surface area contributed by atoms with Crippen LogP contribution in [-0.2, 0) is 27.2 Å². The van der Waals surface area contributed by atoms with Gasteiger partial charge in [0.2, 0.25) is 5.43 Å². The third-order valence-corrected chi connectivity index (χ3v) is 6.95. The molecule has 5 rings (SSSR count). The van der Waals surface area contributed by atoms with E-state index in [4.69, 9.17) is 4.74 Å². The van der Waals surface area contributed by atoms with E-state index in [2.05, 4.69) is 29.2 Å². The fraction of sp³-hybridized carbons (Fsp3) is 0.345. The topological polar surface area (TPSA) is 72.6 Å². The summed E-state index contributed by atoms with van der Waals surface area (Å²) in [5.41, 5.74) is 3.25. The molecule has 1 saturated heterocycles. The van der Waals surface area contributed by atoms with E-state index in [0.717, 1.165) is 37.2 Å². The van der Waals surface area contributed by atoms with Crippen LogP contribution >= 0.6 is 0 Å². The van der Waals surface area contributed by atoms with Gasteiger partial charge in [-0.05, 0) is 36.9 Å². The lowest BCUT2D eigenvalue weighted by Gasteiger charge is -2.32. The number of rotatable bonds is 7. The Morgan fingerprint density at radius 1 is 1.00 bits per heavy atom. The number of benzene rings is 2. The van der Waals surface area contributed by atoms with Crippen molar-refractivity contribution in [3.63, 3.8) is 0 Å². The highest BCUT2D eigenvalue weighted by Gasteiger charge is 2.27. The van der Waals surface area contributed by atoms with Crippen LogP contribution in [0.2, 0.25) is 0 Å². The largest absolute Gasteiger partial charge is 0.490 e. The van der Waals surface area contributed by atoms with Gasteiger partial charge in [-0.2, -0.15) is 5.10 Å². The van der Waals surface area contributed by atoms with E-state index >= 15 is 0 Å². The molecule has 1 aliphatic heterocycles. The lowest BCUT2D eigenvalue weighted by Crippen LogP contribution is -2.43. The maximum atomic E-state index is 13.2. The summed E-state index contributed by atoms with van der Waals surface area (Å²) in [6.07, 6.45) is 7.10. The maximum Gasteiger partial charge on any atom is 0.259 e. The summed E-state index contributed by atoms with van der Waals surface area (Å²) in [6, 6.07) is 15.6. The maximum absolute atomic E-state index is 13.2. The number of likely N-dealkylation sites (tertiary alicyclic amines) is 1. The van der Waals surface area contributed by atoms with E-state index < -0.39 is 0 Å². The van der Waals surface area contributed by atoms with Crippen LogP contribution in [0, 0.1) is 0 Å². The number of piperidine rings is 1. The van der Waals surface area contributed by atoms with Crippen molar-refractivity contribution >= 4 is 16.8 Å². The monoisotopic (exact) mass is 499 g/mol. The van der Waals surface area contributed by atoms with Crippen LogP contribution in [-0.4, -0.2) is 56.3 Å². The lowest BCUT2D eigenvalue weighted by atomic mass is 10.1. The molecule has 0 radical (unpaired) electrons. The molecule has 8 nitrogen and oxygen atoms in total. The molecule has 8 heteroatoms. The van der Waals surface area contributed by atoms with Gasteiger partial charge in [0.1, 0.15) is 17.4 Å². The zero-order chi connectivity index (χ0) is 25.9. The van der Waals surface area contributed by atoms with Gasteiger partial charge in [-0.15, -0.1) is 0 Å². The van der Waals surface area contributed by atoms with E-state index in [0.29, 0.717) is 18.5 Å². The SMILES string of the molecule is CN(Cc1ccc(OC2CCN(C(=O)c3cn(C)c4ccccc4c3=O)CC2)cc1)Cc1cnn(C)c1. The van der Waals surface area contributed by atoms with Crippen molar-refractivity contribution in [1.29, 1.82) is 0 Å². The Morgan fingerprint density at radius 3 is 2.41 bits per heavy atom. The quantitative estimate of drug-likeness (QED) is 0.389. The third kappa shape index (κ3) is 5.59. The van der Waals surface area contributed by atoms with Gasteiger partial charge in [0.15, 0.2) is 0 Å². The van der Waals surface area contributed by atoms with Gasteiger partial charge in [-0.25, -0.2) is 0 Å². The van der Waals surface area contributed by atoms with Crippen molar-refractivity contribution in [2.75, 3.05) is 20.1 Å². The van der Waals surface area contributed by atoms with Crippen molar-refractivity contribution in [3.05, 3.63) is 94.0 Å². The summed E-state index contributed by atoms with van der Waals surface area (Å²) in [4.78, 5) is 30.2. The minimum Gasteiger partial charge on any atom is -0.490 e. The van der Waals surface area contributed by atoms with Crippen LogP contribution in [0.5, 0.6) is 5.75 Å². The first-order valence-electron chi connectivity index (χ1n) is 12.7. The van der Waals surface area contributed by atoms with Gasteiger partial charge < -0.3 is 14.2 Å². The number of hydrogen-bond acceptors (Lipinski definition) is 5. The molecule has 0 aliphatic carbocycles. The minimum absolute atomic E-state index is 0.0441. The van der Waals surface area contributed by atoms with Crippen LogP contribution in [0.4, 0.5) is 0 Å². The molecule has 0 bridgehead atoms. The fourth-order valence-corrected chi connectivity index (χ4v) is 5.04. The molecule has 2 aromatic carbocycles. The number of amides is 1. The molecule has 192 valence electrons. The standard InChI is InChI=1S/C29H33N5O3/c1-31(18-22-16-30-33(3)19-22)17-21-8-10-23(11-9-21)37-24-12-14-34(15-13-24)29(36)26-20-32(2)27-7-5-4-6-25(27)28(26)35/h4-11,16,19-20,24H,12-15,17-18H2,1-3H3. The number of pyridine rings is 1. The minimum atomic E-state index is -0.205. The van der Waals surface area contributed by atoms with Crippen molar-refractivity contribution < 1.29 is 9.53 Å². The highest BCUT2D eigenvalue weighted by molar-refractivity contribution is 5.97. The predicted molar refractivity (Wildman–Crippen MR) is 144 cm³/mol. The van der Waals surface area contributed by atoms with Gasteiger partial charge in [0.25, 0.3) is 5.91 Å². The molecule has 1 aliphatic rings. The summed E-state index contributed by atoms with van der Waals surface area (Å²) in [7, 11) is 5.89. The van der Waals surface area contributed by atoms with Crippen LogP contribution in [0.3, 0.4) is 0 Å². The number of para-hydroxylation sites is 1. The highest BCUT2D eigenvalue weighted by Crippen LogP contribution is 2.21. The van der Waals surface area contributed by atoms with Crippen molar-refractivity contribution in [2.24, 2.45) is 14.1 Å². The van der Waals surface area contributed by atoms with Crippen LogP contribution in [0.15, 0.2) is 71.9 Å². The molecule has 2 aromatic heterocycles. The number of carbonyl (C=O) groups is 1. The molecular formula is C29H33N5O3. The Balaban J connectivity index is 1.14. The number of hydrogen-bond donors (Lipinski definition) is 0. The zero-order valence-corrected chi connectivity index (χ0v) is 21.6. The normalized spacial score (nSPS) is 14.4. The van der Waals surface area contributed by atoms with Crippen LogP contribution in [0.1, 0.15) is 34.3 Å². The highest BCUT2D eigenvalue weighted by atomic mass is 16.5. The third-order valence-electron chi connectivity index (χ3n) is 6.95. The number of aryl methyl sites for hydroxylation is 2. The Morgan fingerprint density at radius 2 is 1.70 bits per heavy atom. The number of nitrogens with zero attached hydrogens (tertiary/aromatic N) is 5. The molecule has 1 amide bonds. The number of ether oxygens (including phenoxy) is 1. The fourth-order valence-electron chi connectivity index (χ4n) is 5.04. The molecule has 1 fully saturated rings. The van der Waals surface area contributed by atoms with Crippen molar-refractivity contribution in [3.8, 4) is 5.75 Å². The van der Waals surface area contributed by atoms with Crippen LogP contribution in [0.25, 0.3) is 10.9 Å². The summed E-state index contributed by atoms with van der Waals surface area (Å²) < 4.78 is 9.89. The number of fused-ring (bicyclic) bond motifs is 1. The second-order valence-electron chi connectivity index (χ2n) is 9.95. The van der Waals surface area contributed by atoms with Gasteiger partial charge in [-0.1, -0.05) is 24.3 Å². The summed E-state index contributed by atoms with van der Waals surface area (Å²) in [5.74, 6) is 0.636. The number of carbonyl (C=O) groups excluding carboxylic acids is 1. The summed E-state index contributed by atoms with van der Waals surface area (Å²) >= 11 is 0. The molecule has 0 unspecified atom stereocenters. The van der Waals surface area contributed by atoms with Crippen molar-refractivity contribution in [1.82, 2.24) is 24.1 Å². The zero-order valence-electron chi connectivity index (χ0n) is 21.6. The Labute approximate surface area is 216 Å². The molecule has 0 spiro atoms. The van der Waals surface area contributed by atoms with Gasteiger partial charge in [0.05, 0.1) is 11.7 Å². The Bertz CT molecular complexity index is 1450. The first kappa shape index (κ1) is 24.8. The molecule has 4 aromatic rings. The molecule has 0 atom stereocenters. The second kappa shape index (κ2) is 10.6. The van der Waals surface area contributed by atoms with Crippen LogP contribution < -0.4 is 10.2 Å². The van der Waals surface area contributed by atoms with Gasteiger partial charge in [0, 0.05) is 76.5 Å². The van der Waals surface area contributed by atoms with Gasteiger partial charge >= 0.3 is 0 Å². The molecule has 0 saturated carbocycles. The first-order valence-corrected chi connectivity index (χ1v) is 12.7. The van der Waals surface area contributed by atoms with Gasteiger partial charge in [-0.3, -0.25) is 19.2 Å². The van der Waals surface area contributed by atoms with E-state index in [9.17, 15) is 9.59 Å². The summed E-state index contributed by atoms with van der Waals surface area (Å²) in [6.45, 7) is 2.81. The molecule has 3 heterocycles. The Hall–Kier alpha value is -3.91. The Kier molecular flexibility index (Phi) is 7.10. The summed E-state index contributed by atoms with van der Waals surface area (Å²) in [5, 5.41) is 4.80. The first-order chi connectivity index (χ1) is 17.9. The molecule has 0 N–H and O–H groups in total. The second-order valence-corrected chi connectivity index (χ2v) is 9.95. The number of aromatic nitrogens is 3. The average Bonchev–Trinajstić information content (AvgIpc) is 3.31. The molecule has 37 heavy (non-hydrogen) atoms. The predicted octanol–water partition coefficient (Wildman–Crippen LogP) is 3.59. The van der Waals surface area contributed by atoms with Crippen molar-refractivity contribution in [2.45, 2.75) is 32.0 Å². The average molecular weight is 500 g/mol. The van der Waals surface area contributed by atoms with E-state index in [1.165, 1.54) is 11.1 Å². The van der Waals surface area contributed by atoms with E-state index in [1.54, 1.807) is 17.2 Å². The molecular weight excluding hydrogens is 466 g/mol. The van der Waals surface area contributed by atoms with E-state index in [1.807, 2.05) is 66.1 Å². The smallest absolute Gasteiger partial charge is 0.259 e. The van der Waals surface area contributed by atoms with E-state index in [-0.39, 0.29) is 23.0 Å².